The summed E-state index contributed by atoms with van der Waals surface area (Å²) in [7, 11) is 0. The van der Waals surface area contributed by atoms with Gasteiger partial charge in [0.25, 0.3) is 0 Å². The van der Waals surface area contributed by atoms with Gasteiger partial charge in [-0.1, -0.05) is 24.3 Å². The minimum absolute atomic E-state index is 0.0429. The normalized spacial score (nSPS) is 21.2. The molecule has 2 heterocycles. The fraction of sp³-hybridized carbons (Fsp3) is 0.526. The van der Waals surface area contributed by atoms with Gasteiger partial charge in [0.2, 0.25) is 17.7 Å². The molecule has 1 aliphatic carbocycles. The molecule has 1 fully saturated rings. The lowest BCUT2D eigenvalue weighted by molar-refractivity contribution is -0.132. The first-order chi connectivity index (χ1) is 12.2. The summed E-state index contributed by atoms with van der Waals surface area (Å²) in [6, 6.07) is 8.38. The van der Waals surface area contributed by atoms with Crippen molar-refractivity contribution >= 4 is 5.91 Å². The third kappa shape index (κ3) is 3.44. The number of aromatic nitrogens is 2. The second-order valence-corrected chi connectivity index (χ2v) is 6.96. The van der Waals surface area contributed by atoms with Gasteiger partial charge in [-0.05, 0) is 30.4 Å². The van der Waals surface area contributed by atoms with Crippen molar-refractivity contribution in [3.05, 3.63) is 47.2 Å². The van der Waals surface area contributed by atoms with Crippen LogP contribution in [0.15, 0.2) is 28.7 Å². The highest BCUT2D eigenvalue weighted by Crippen LogP contribution is 2.34. The van der Waals surface area contributed by atoms with E-state index in [-0.39, 0.29) is 5.92 Å². The molecule has 1 aromatic carbocycles. The molecule has 0 N–H and O–H groups in total. The molecule has 6 nitrogen and oxygen atoms in total. The second kappa shape index (κ2) is 6.96. The number of hydrogen-bond donors (Lipinski definition) is 0. The molecule has 0 bridgehead atoms. The Bertz CT molecular complexity index is 757. The monoisotopic (exact) mass is 340 g/mol. The maximum Gasteiger partial charge on any atom is 0.230 e. The standard InChI is InChI=1S/C19H24N4O2/c1-14-20-21-18(25-14)13-22-9-4-10-23(12-11-22)19(24)17-8-7-15-5-2-3-6-16(15)17/h2-3,5-6,17H,4,7-13H2,1H3. The van der Waals surface area contributed by atoms with E-state index in [1.807, 2.05) is 11.0 Å². The average Bonchev–Trinajstić information content (AvgIpc) is 3.15. The molecule has 132 valence electrons. The first kappa shape index (κ1) is 16.3. The molecule has 1 aliphatic heterocycles. The van der Waals surface area contributed by atoms with Crippen LogP contribution in [-0.4, -0.2) is 52.1 Å². The predicted molar refractivity (Wildman–Crippen MR) is 93.0 cm³/mol. The zero-order valence-corrected chi connectivity index (χ0v) is 14.6. The van der Waals surface area contributed by atoms with Gasteiger partial charge >= 0.3 is 0 Å². The van der Waals surface area contributed by atoms with E-state index < -0.39 is 0 Å². The molecular weight excluding hydrogens is 316 g/mol. The van der Waals surface area contributed by atoms with Gasteiger partial charge in [-0.2, -0.15) is 0 Å². The van der Waals surface area contributed by atoms with Crippen LogP contribution in [0.5, 0.6) is 0 Å². The first-order valence-electron chi connectivity index (χ1n) is 9.08. The molecule has 1 atom stereocenters. The molecule has 6 heteroatoms. The van der Waals surface area contributed by atoms with Crippen molar-refractivity contribution in [1.82, 2.24) is 20.0 Å². The van der Waals surface area contributed by atoms with E-state index in [9.17, 15) is 4.79 Å². The van der Waals surface area contributed by atoms with Crippen molar-refractivity contribution < 1.29 is 9.21 Å². The molecule has 0 saturated carbocycles. The highest BCUT2D eigenvalue weighted by molar-refractivity contribution is 5.85. The second-order valence-electron chi connectivity index (χ2n) is 6.96. The Hall–Kier alpha value is -2.21. The highest BCUT2D eigenvalue weighted by Gasteiger charge is 2.32. The van der Waals surface area contributed by atoms with Crippen molar-refractivity contribution in [3.63, 3.8) is 0 Å². The Kier molecular flexibility index (Phi) is 4.53. The van der Waals surface area contributed by atoms with Crippen molar-refractivity contribution in [2.75, 3.05) is 26.2 Å². The fourth-order valence-electron chi connectivity index (χ4n) is 3.98. The Morgan fingerprint density at radius 3 is 2.92 bits per heavy atom. The van der Waals surface area contributed by atoms with Crippen molar-refractivity contribution in [1.29, 1.82) is 0 Å². The van der Waals surface area contributed by atoms with E-state index in [2.05, 4.69) is 33.3 Å². The van der Waals surface area contributed by atoms with Crippen LogP contribution in [0.3, 0.4) is 0 Å². The van der Waals surface area contributed by atoms with Gasteiger partial charge in [-0.25, -0.2) is 0 Å². The lowest BCUT2D eigenvalue weighted by Gasteiger charge is -2.24. The van der Waals surface area contributed by atoms with Crippen molar-refractivity contribution in [2.45, 2.75) is 38.6 Å². The molecule has 1 unspecified atom stereocenters. The summed E-state index contributed by atoms with van der Waals surface area (Å²) in [5.74, 6) is 1.59. The minimum atomic E-state index is 0.0429. The zero-order valence-electron chi connectivity index (χ0n) is 14.6. The number of hydrogen-bond acceptors (Lipinski definition) is 5. The molecule has 4 rings (SSSR count). The van der Waals surface area contributed by atoms with Crippen LogP contribution in [0.1, 0.15) is 41.7 Å². The lowest BCUT2D eigenvalue weighted by atomic mass is 10.00. The van der Waals surface area contributed by atoms with E-state index >= 15 is 0 Å². The molecule has 0 radical (unpaired) electrons. The van der Waals surface area contributed by atoms with E-state index in [1.165, 1.54) is 11.1 Å². The molecular formula is C19H24N4O2. The molecule has 1 aromatic heterocycles. The maximum atomic E-state index is 13.1. The van der Waals surface area contributed by atoms with Crippen LogP contribution < -0.4 is 0 Å². The van der Waals surface area contributed by atoms with Crippen molar-refractivity contribution in [3.8, 4) is 0 Å². The van der Waals surface area contributed by atoms with Crippen LogP contribution in [0.25, 0.3) is 0 Å². The molecule has 25 heavy (non-hydrogen) atoms. The van der Waals surface area contributed by atoms with E-state index in [0.29, 0.717) is 24.2 Å². The first-order valence-corrected chi connectivity index (χ1v) is 9.08. The Morgan fingerprint density at radius 2 is 2.08 bits per heavy atom. The van der Waals surface area contributed by atoms with E-state index in [4.69, 9.17) is 4.42 Å². The molecule has 0 spiro atoms. The summed E-state index contributed by atoms with van der Waals surface area (Å²) < 4.78 is 5.48. The van der Waals surface area contributed by atoms with E-state index in [1.54, 1.807) is 6.92 Å². The van der Waals surface area contributed by atoms with Gasteiger partial charge in [0.05, 0.1) is 12.5 Å². The average molecular weight is 340 g/mol. The summed E-state index contributed by atoms with van der Waals surface area (Å²) in [4.78, 5) is 17.4. The van der Waals surface area contributed by atoms with Crippen LogP contribution in [0, 0.1) is 6.92 Å². The number of carbonyl (C=O) groups excluding carboxylic acids is 1. The van der Waals surface area contributed by atoms with Gasteiger partial charge in [0.15, 0.2) is 0 Å². The number of fused-ring (bicyclic) bond motifs is 1. The van der Waals surface area contributed by atoms with Gasteiger partial charge in [0, 0.05) is 33.1 Å². The largest absolute Gasteiger partial charge is 0.424 e. The number of amides is 1. The fourth-order valence-corrected chi connectivity index (χ4v) is 3.98. The third-order valence-corrected chi connectivity index (χ3v) is 5.26. The summed E-state index contributed by atoms with van der Waals surface area (Å²) in [6.07, 6.45) is 2.94. The number of nitrogens with zero attached hydrogens (tertiary/aromatic N) is 4. The van der Waals surface area contributed by atoms with Crippen LogP contribution in [0.2, 0.25) is 0 Å². The Morgan fingerprint density at radius 1 is 1.20 bits per heavy atom. The van der Waals surface area contributed by atoms with Gasteiger partial charge in [0.1, 0.15) is 0 Å². The Balaban J connectivity index is 1.38. The number of carbonyl (C=O) groups is 1. The zero-order chi connectivity index (χ0) is 17.2. The molecule has 1 saturated heterocycles. The molecule has 2 aromatic rings. The highest BCUT2D eigenvalue weighted by atomic mass is 16.4. The van der Waals surface area contributed by atoms with Crippen LogP contribution >= 0.6 is 0 Å². The Labute approximate surface area is 147 Å². The predicted octanol–water partition coefficient (Wildman–Crippen LogP) is 2.14. The maximum absolute atomic E-state index is 13.1. The van der Waals surface area contributed by atoms with Crippen LogP contribution in [-0.2, 0) is 17.8 Å². The topological polar surface area (TPSA) is 62.5 Å². The quantitative estimate of drug-likeness (QED) is 0.857. The van der Waals surface area contributed by atoms with Gasteiger partial charge < -0.3 is 9.32 Å². The van der Waals surface area contributed by atoms with E-state index in [0.717, 1.165) is 45.4 Å². The lowest BCUT2D eigenvalue weighted by Crippen LogP contribution is -2.37. The molecule has 1 amide bonds. The number of aryl methyl sites for hydroxylation is 2. The number of benzene rings is 1. The summed E-state index contributed by atoms with van der Waals surface area (Å²) in [5.41, 5.74) is 2.57. The SMILES string of the molecule is Cc1nnc(CN2CCCN(C(=O)C3CCc4ccccc43)CC2)o1. The van der Waals surface area contributed by atoms with Gasteiger partial charge in [-0.15, -0.1) is 10.2 Å². The van der Waals surface area contributed by atoms with Crippen LogP contribution in [0.4, 0.5) is 0 Å². The van der Waals surface area contributed by atoms with Crippen molar-refractivity contribution in [2.24, 2.45) is 0 Å². The smallest absolute Gasteiger partial charge is 0.230 e. The summed E-state index contributed by atoms with van der Waals surface area (Å²) in [6.45, 7) is 5.86. The molecule has 2 aliphatic rings. The minimum Gasteiger partial charge on any atom is -0.424 e. The van der Waals surface area contributed by atoms with Gasteiger partial charge in [-0.3, -0.25) is 9.69 Å². The third-order valence-electron chi connectivity index (χ3n) is 5.26. The summed E-state index contributed by atoms with van der Waals surface area (Å²) >= 11 is 0. The summed E-state index contributed by atoms with van der Waals surface area (Å²) in [5, 5.41) is 7.96. The number of rotatable bonds is 3.